The van der Waals surface area contributed by atoms with Gasteiger partial charge in [-0.2, -0.15) is 0 Å². The van der Waals surface area contributed by atoms with Gasteiger partial charge in [-0.25, -0.2) is 0 Å². The second kappa shape index (κ2) is 6.48. The predicted molar refractivity (Wildman–Crippen MR) is 104 cm³/mol. The molecule has 5 rings (SSSR count). The average molecular weight is 347 g/mol. The van der Waals surface area contributed by atoms with Gasteiger partial charge in [0.15, 0.2) is 0 Å². The van der Waals surface area contributed by atoms with Gasteiger partial charge in [0.25, 0.3) is 0 Å². The second-order valence-electron chi connectivity index (χ2n) is 7.82. The summed E-state index contributed by atoms with van der Waals surface area (Å²) in [5, 5.41) is 2.43. The van der Waals surface area contributed by atoms with Crippen LogP contribution in [-0.4, -0.2) is 30.6 Å². The van der Waals surface area contributed by atoms with Crippen LogP contribution in [0.3, 0.4) is 0 Å². The first kappa shape index (κ1) is 16.0. The molecule has 1 aromatic heterocycles. The molecule has 26 heavy (non-hydrogen) atoms. The smallest absolute Gasteiger partial charge is 0.127 e. The quantitative estimate of drug-likeness (QED) is 0.658. The van der Waals surface area contributed by atoms with Crippen molar-refractivity contribution in [3.05, 3.63) is 66.6 Å². The Labute approximate surface area is 154 Å². The molecule has 0 aliphatic carbocycles. The van der Waals surface area contributed by atoms with Gasteiger partial charge in [-0.1, -0.05) is 36.4 Å². The molecule has 0 N–H and O–H groups in total. The van der Waals surface area contributed by atoms with E-state index in [0.29, 0.717) is 23.9 Å². The fourth-order valence-electron chi connectivity index (χ4n) is 5.18. The van der Waals surface area contributed by atoms with E-state index in [0.717, 1.165) is 12.4 Å². The summed E-state index contributed by atoms with van der Waals surface area (Å²) in [6, 6.07) is 18.2. The van der Waals surface area contributed by atoms with E-state index in [9.17, 15) is 0 Å². The minimum Gasteiger partial charge on any atom is -0.493 e. The van der Waals surface area contributed by atoms with E-state index in [1.165, 1.54) is 35.6 Å². The third kappa shape index (κ3) is 2.62. The fraction of sp³-hybridized carbons (Fsp3) is 0.391. The van der Waals surface area contributed by atoms with Crippen molar-refractivity contribution < 1.29 is 9.15 Å². The lowest BCUT2D eigenvalue weighted by Gasteiger charge is -2.42. The maximum Gasteiger partial charge on any atom is 0.127 e. The van der Waals surface area contributed by atoms with E-state index in [1.54, 1.807) is 6.26 Å². The molecule has 3 heteroatoms. The van der Waals surface area contributed by atoms with Crippen LogP contribution < -0.4 is 4.74 Å². The van der Waals surface area contributed by atoms with Gasteiger partial charge in [0, 0.05) is 23.4 Å². The van der Waals surface area contributed by atoms with E-state index >= 15 is 0 Å². The first-order valence-electron chi connectivity index (χ1n) is 9.66. The number of ether oxygens (including phenoxy) is 1. The topological polar surface area (TPSA) is 25.6 Å². The molecule has 2 aliphatic rings. The molecule has 0 amide bonds. The molecular formula is C23H25NO2. The first-order valence-corrected chi connectivity index (χ1v) is 9.66. The van der Waals surface area contributed by atoms with E-state index in [1.807, 2.05) is 6.26 Å². The van der Waals surface area contributed by atoms with Crippen molar-refractivity contribution in [2.45, 2.75) is 37.3 Å². The van der Waals surface area contributed by atoms with E-state index < -0.39 is 0 Å². The normalized spacial score (nSPS) is 28.5. The van der Waals surface area contributed by atoms with Crippen molar-refractivity contribution >= 4 is 10.8 Å². The highest BCUT2D eigenvalue weighted by molar-refractivity contribution is 5.88. The molecule has 2 unspecified atom stereocenters. The Morgan fingerprint density at radius 1 is 1.08 bits per heavy atom. The molecule has 3 heterocycles. The zero-order valence-corrected chi connectivity index (χ0v) is 15.2. The van der Waals surface area contributed by atoms with Crippen molar-refractivity contribution in [1.82, 2.24) is 4.90 Å². The van der Waals surface area contributed by atoms with Gasteiger partial charge in [0.2, 0.25) is 0 Å². The lowest BCUT2D eigenvalue weighted by atomic mass is 9.77. The summed E-state index contributed by atoms with van der Waals surface area (Å²) in [5.41, 5.74) is 1.33. The Bertz CT molecular complexity index is 883. The third-order valence-electron chi connectivity index (χ3n) is 6.58. The van der Waals surface area contributed by atoms with Crippen molar-refractivity contribution in [3.63, 3.8) is 0 Å². The Balaban J connectivity index is 1.43. The minimum atomic E-state index is 0.496. The van der Waals surface area contributed by atoms with Crippen molar-refractivity contribution in [3.8, 4) is 5.75 Å². The van der Waals surface area contributed by atoms with Crippen molar-refractivity contribution in [2.75, 3.05) is 13.7 Å². The summed E-state index contributed by atoms with van der Waals surface area (Å²) in [5.74, 6) is 2.02. The molecule has 0 radical (unpaired) electrons. The van der Waals surface area contributed by atoms with Crippen LogP contribution in [0, 0.1) is 5.92 Å². The molecule has 0 spiro atoms. The number of furan rings is 1. The number of piperidine rings is 1. The van der Waals surface area contributed by atoms with E-state index in [4.69, 9.17) is 9.15 Å². The van der Waals surface area contributed by atoms with Crippen molar-refractivity contribution in [2.24, 2.45) is 5.92 Å². The number of hydrogen-bond donors (Lipinski definition) is 0. The summed E-state index contributed by atoms with van der Waals surface area (Å²) in [6.07, 6.45) is 7.52. The lowest BCUT2D eigenvalue weighted by Crippen LogP contribution is -2.47. The summed E-state index contributed by atoms with van der Waals surface area (Å²) in [6.45, 7) is 0.756. The maximum atomic E-state index is 6.43. The van der Waals surface area contributed by atoms with Gasteiger partial charge in [-0.05, 0) is 55.3 Å². The van der Waals surface area contributed by atoms with Crippen LogP contribution in [0.5, 0.6) is 5.75 Å². The van der Waals surface area contributed by atoms with Gasteiger partial charge in [-0.15, -0.1) is 0 Å². The Hall–Kier alpha value is -2.26. The molecule has 3 nitrogen and oxygen atoms in total. The number of rotatable bonds is 4. The highest BCUT2D eigenvalue weighted by Crippen LogP contribution is 2.46. The molecule has 4 atom stereocenters. The zero-order chi connectivity index (χ0) is 17.5. The van der Waals surface area contributed by atoms with Crippen LogP contribution in [0.4, 0.5) is 0 Å². The zero-order valence-electron chi connectivity index (χ0n) is 15.2. The highest BCUT2D eigenvalue weighted by Gasteiger charge is 2.46. The molecule has 2 saturated heterocycles. The molecule has 2 aliphatic heterocycles. The largest absolute Gasteiger partial charge is 0.493 e. The fourth-order valence-corrected chi connectivity index (χ4v) is 5.18. The number of hydrogen-bond acceptors (Lipinski definition) is 3. The number of nitrogens with zero attached hydrogens (tertiary/aromatic N) is 1. The monoisotopic (exact) mass is 347 g/mol. The summed E-state index contributed by atoms with van der Waals surface area (Å²) < 4.78 is 11.8. The van der Waals surface area contributed by atoms with Crippen LogP contribution >= 0.6 is 0 Å². The van der Waals surface area contributed by atoms with E-state index in [2.05, 4.69) is 60.5 Å². The molecular weight excluding hydrogens is 322 g/mol. The summed E-state index contributed by atoms with van der Waals surface area (Å²) in [7, 11) is 2.29. The molecule has 2 bridgehead atoms. The molecule has 3 aromatic rings. The van der Waals surface area contributed by atoms with Crippen LogP contribution in [0.1, 0.15) is 30.7 Å². The Morgan fingerprint density at radius 2 is 1.96 bits per heavy atom. The standard InChI is InChI=1S/C23H25NO2/c1-24-18-9-10-22(24)21(20(13-18)17-11-12-25-14-17)15-26-23-8-4-6-16-5-2-3-7-19(16)23/h2-8,11-12,14,18,20-22H,9-10,13,15H2,1H3/t18?,20-,21-,22?/m1/s1. The lowest BCUT2D eigenvalue weighted by molar-refractivity contribution is 0.0668. The van der Waals surface area contributed by atoms with E-state index in [-0.39, 0.29) is 0 Å². The maximum absolute atomic E-state index is 6.43. The molecule has 2 aromatic carbocycles. The number of benzene rings is 2. The SMILES string of the molecule is CN1C2CCC1[C@H](COc1cccc3ccccc13)[C@@H](c1ccoc1)C2. The summed E-state index contributed by atoms with van der Waals surface area (Å²) >= 11 is 0. The third-order valence-corrected chi connectivity index (χ3v) is 6.58. The highest BCUT2D eigenvalue weighted by atomic mass is 16.5. The molecule has 2 fully saturated rings. The van der Waals surface area contributed by atoms with Gasteiger partial charge in [-0.3, -0.25) is 0 Å². The Kier molecular flexibility index (Phi) is 3.97. The second-order valence-corrected chi connectivity index (χ2v) is 7.82. The van der Waals surface area contributed by atoms with Crippen molar-refractivity contribution in [1.29, 1.82) is 0 Å². The first-order chi connectivity index (χ1) is 12.8. The minimum absolute atomic E-state index is 0.496. The van der Waals surface area contributed by atoms with Gasteiger partial charge < -0.3 is 14.1 Å². The van der Waals surface area contributed by atoms with Gasteiger partial charge in [0.05, 0.1) is 19.1 Å². The van der Waals surface area contributed by atoms with Crippen LogP contribution in [0.25, 0.3) is 10.8 Å². The summed E-state index contributed by atoms with van der Waals surface area (Å²) in [4.78, 5) is 2.59. The molecule has 134 valence electrons. The predicted octanol–water partition coefficient (Wildman–Crippen LogP) is 5.08. The van der Waals surface area contributed by atoms with Crippen LogP contribution in [-0.2, 0) is 0 Å². The van der Waals surface area contributed by atoms with Gasteiger partial charge in [0.1, 0.15) is 5.75 Å². The average Bonchev–Trinajstić information content (AvgIpc) is 3.28. The van der Waals surface area contributed by atoms with Gasteiger partial charge >= 0.3 is 0 Å². The number of fused-ring (bicyclic) bond motifs is 3. The Morgan fingerprint density at radius 3 is 2.85 bits per heavy atom. The molecule has 0 saturated carbocycles. The van der Waals surface area contributed by atoms with Crippen LogP contribution in [0.15, 0.2) is 65.5 Å². The van der Waals surface area contributed by atoms with Crippen LogP contribution in [0.2, 0.25) is 0 Å².